The Kier molecular flexibility index (Phi) is 4.00. The molecule has 88 valence electrons. The number of anilines is 1. The fraction of sp³-hybridized carbons (Fsp3) is 0.600. The third kappa shape index (κ3) is 3.06. The molecule has 1 aromatic heterocycles. The van der Waals surface area contributed by atoms with Gasteiger partial charge in [0.25, 0.3) is 0 Å². The van der Waals surface area contributed by atoms with E-state index in [0.717, 1.165) is 36.2 Å². The molecular formula is C10H14BrClN4. The monoisotopic (exact) mass is 304 g/mol. The molecule has 0 amide bonds. The van der Waals surface area contributed by atoms with Crippen molar-refractivity contribution in [3.05, 3.63) is 16.0 Å². The summed E-state index contributed by atoms with van der Waals surface area (Å²) in [4.78, 5) is 10.4. The highest BCUT2D eigenvalue weighted by atomic mass is 79.9. The molecule has 2 rings (SSSR count). The standard InChI is InChI=1S/C10H14BrClN4/c1-16-4-2-7(3-5-16)14-9-8(11)6-13-10(12)15-9/h6-7H,2-5H2,1H3,(H,13,14,15). The highest BCUT2D eigenvalue weighted by Crippen LogP contribution is 2.23. The van der Waals surface area contributed by atoms with Crippen LogP contribution < -0.4 is 5.32 Å². The van der Waals surface area contributed by atoms with Gasteiger partial charge < -0.3 is 10.2 Å². The van der Waals surface area contributed by atoms with Gasteiger partial charge in [-0.05, 0) is 60.5 Å². The average molecular weight is 306 g/mol. The molecule has 1 fully saturated rings. The summed E-state index contributed by atoms with van der Waals surface area (Å²) >= 11 is 9.18. The smallest absolute Gasteiger partial charge is 0.224 e. The number of hydrogen-bond donors (Lipinski definition) is 1. The predicted octanol–water partition coefficient (Wildman–Crippen LogP) is 2.40. The Morgan fingerprint density at radius 2 is 2.19 bits per heavy atom. The number of likely N-dealkylation sites (tertiary alicyclic amines) is 1. The summed E-state index contributed by atoms with van der Waals surface area (Å²) in [6, 6.07) is 0.471. The van der Waals surface area contributed by atoms with Gasteiger partial charge in [0.15, 0.2) is 0 Å². The highest BCUT2D eigenvalue weighted by Gasteiger charge is 2.17. The minimum Gasteiger partial charge on any atom is -0.366 e. The molecule has 0 saturated carbocycles. The molecule has 1 aromatic rings. The molecule has 2 heterocycles. The predicted molar refractivity (Wildman–Crippen MR) is 68.9 cm³/mol. The first kappa shape index (κ1) is 12.1. The summed E-state index contributed by atoms with van der Waals surface area (Å²) in [5.74, 6) is 0.787. The topological polar surface area (TPSA) is 41.0 Å². The number of nitrogens with zero attached hydrogens (tertiary/aromatic N) is 3. The van der Waals surface area contributed by atoms with Crippen LogP contribution in [0.4, 0.5) is 5.82 Å². The second-order valence-corrected chi connectivity index (χ2v) is 5.25. The van der Waals surface area contributed by atoms with Gasteiger partial charge in [-0.3, -0.25) is 0 Å². The van der Waals surface area contributed by atoms with Crippen molar-refractivity contribution in [2.75, 3.05) is 25.5 Å². The molecular weight excluding hydrogens is 291 g/mol. The van der Waals surface area contributed by atoms with Crippen LogP contribution in [0.25, 0.3) is 0 Å². The highest BCUT2D eigenvalue weighted by molar-refractivity contribution is 9.10. The van der Waals surface area contributed by atoms with Crippen molar-refractivity contribution in [2.45, 2.75) is 18.9 Å². The Morgan fingerprint density at radius 1 is 1.50 bits per heavy atom. The van der Waals surface area contributed by atoms with E-state index in [1.54, 1.807) is 6.20 Å². The van der Waals surface area contributed by atoms with E-state index < -0.39 is 0 Å². The normalized spacial score (nSPS) is 18.7. The van der Waals surface area contributed by atoms with Crippen molar-refractivity contribution in [1.29, 1.82) is 0 Å². The Balaban J connectivity index is 2.00. The number of halogens is 2. The van der Waals surface area contributed by atoms with Gasteiger partial charge in [0.1, 0.15) is 5.82 Å². The number of nitrogens with one attached hydrogen (secondary N) is 1. The van der Waals surface area contributed by atoms with E-state index in [9.17, 15) is 0 Å². The molecule has 0 spiro atoms. The molecule has 0 atom stereocenters. The van der Waals surface area contributed by atoms with Crippen molar-refractivity contribution < 1.29 is 0 Å². The minimum atomic E-state index is 0.277. The maximum atomic E-state index is 5.77. The Hall–Kier alpha value is -0.390. The molecule has 16 heavy (non-hydrogen) atoms. The first-order valence-electron chi connectivity index (χ1n) is 5.28. The van der Waals surface area contributed by atoms with Crippen LogP contribution in [0.5, 0.6) is 0 Å². The Labute approximate surface area is 109 Å². The summed E-state index contributed by atoms with van der Waals surface area (Å²) in [7, 11) is 2.15. The molecule has 0 bridgehead atoms. The lowest BCUT2D eigenvalue weighted by molar-refractivity contribution is 0.263. The van der Waals surface area contributed by atoms with Crippen molar-refractivity contribution in [3.63, 3.8) is 0 Å². The van der Waals surface area contributed by atoms with Gasteiger partial charge in [-0.2, -0.15) is 4.98 Å². The quantitative estimate of drug-likeness (QED) is 0.852. The van der Waals surface area contributed by atoms with Gasteiger partial charge in [-0.15, -0.1) is 0 Å². The maximum Gasteiger partial charge on any atom is 0.224 e. The molecule has 0 aliphatic carbocycles. The number of rotatable bonds is 2. The second-order valence-electron chi connectivity index (χ2n) is 4.06. The van der Waals surface area contributed by atoms with Gasteiger partial charge in [-0.1, -0.05) is 0 Å². The van der Waals surface area contributed by atoms with Gasteiger partial charge >= 0.3 is 0 Å². The average Bonchev–Trinajstić information content (AvgIpc) is 2.27. The van der Waals surface area contributed by atoms with Crippen molar-refractivity contribution in [1.82, 2.24) is 14.9 Å². The van der Waals surface area contributed by atoms with Crippen LogP contribution in [0.2, 0.25) is 5.28 Å². The zero-order valence-corrected chi connectivity index (χ0v) is 11.4. The lowest BCUT2D eigenvalue weighted by Gasteiger charge is -2.29. The molecule has 1 saturated heterocycles. The molecule has 0 aromatic carbocycles. The fourth-order valence-electron chi connectivity index (χ4n) is 1.79. The van der Waals surface area contributed by atoms with E-state index in [-0.39, 0.29) is 5.28 Å². The number of hydrogen-bond acceptors (Lipinski definition) is 4. The van der Waals surface area contributed by atoms with Crippen LogP contribution in [0.1, 0.15) is 12.8 Å². The summed E-state index contributed by atoms with van der Waals surface area (Å²) in [5, 5.41) is 3.68. The summed E-state index contributed by atoms with van der Waals surface area (Å²) in [5.41, 5.74) is 0. The summed E-state index contributed by atoms with van der Waals surface area (Å²) in [6.45, 7) is 2.24. The zero-order chi connectivity index (χ0) is 11.5. The van der Waals surface area contributed by atoms with Crippen molar-refractivity contribution in [2.24, 2.45) is 0 Å². The molecule has 0 radical (unpaired) electrons. The zero-order valence-electron chi connectivity index (χ0n) is 9.08. The molecule has 1 aliphatic heterocycles. The molecule has 0 unspecified atom stereocenters. The summed E-state index contributed by atoms with van der Waals surface area (Å²) in [6.07, 6.45) is 3.93. The fourth-order valence-corrected chi connectivity index (χ4v) is 2.23. The SMILES string of the molecule is CN1CCC(Nc2nc(Cl)ncc2Br)CC1. The first-order chi connectivity index (χ1) is 7.65. The second kappa shape index (κ2) is 5.29. The first-order valence-corrected chi connectivity index (χ1v) is 6.45. The van der Waals surface area contributed by atoms with Crippen LogP contribution in [0.3, 0.4) is 0 Å². The Morgan fingerprint density at radius 3 is 2.88 bits per heavy atom. The third-order valence-electron chi connectivity index (χ3n) is 2.77. The van der Waals surface area contributed by atoms with E-state index >= 15 is 0 Å². The van der Waals surface area contributed by atoms with Crippen LogP contribution in [-0.4, -0.2) is 41.0 Å². The van der Waals surface area contributed by atoms with Crippen LogP contribution in [0.15, 0.2) is 10.7 Å². The van der Waals surface area contributed by atoms with Crippen molar-refractivity contribution in [3.8, 4) is 0 Å². The molecule has 6 heteroatoms. The third-order valence-corrected chi connectivity index (χ3v) is 3.54. The van der Waals surface area contributed by atoms with Crippen molar-refractivity contribution >= 4 is 33.3 Å². The van der Waals surface area contributed by atoms with E-state index in [2.05, 4.69) is 43.2 Å². The molecule has 1 N–H and O–H groups in total. The van der Waals surface area contributed by atoms with Gasteiger partial charge in [0, 0.05) is 12.2 Å². The van der Waals surface area contributed by atoms with Gasteiger partial charge in [0.2, 0.25) is 5.28 Å². The van der Waals surface area contributed by atoms with Crippen LogP contribution in [0, 0.1) is 0 Å². The van der Waals surface area contributed by atoms with E-state index in [1.165, 1.54) is 0 Å². The van der Waals surface area contributed by atoms with E-state index in [1.807, 2.05) is 0 Å². The number of aromatic nitrogens is 2. The van der Waals surface area contributed by atoms with Crippen LogP contribution >= 0.6 is 27.5 Å². The molecule has 4 nitrogen and oxygen atoms in total. The summed E-state index contributed by atoms with van der Waals surface area (Å²) < 4.78 is 0.857. The van der Waals surface area contributed by atoms with E-state index in [4.69, 9.17) is 11.6 Å². The largest absolute Gasteiger partial charge is 0.366 e. The Bertz CT molecular complexity index is 366. The van der Waals surface area contributed by atoms with Gasteiger partial charge in [0.05, 0.1) is 4.47 Å². The maximum absolute atomic E-state index is 5.77. The lowest BCUT2D eigenvalue weighted by atomic mass is 10.1. The number of piperidine rings is 1. The van der Waals surface area contributed by atoms with Crippen LogP contribution in [-0.2, 0) is 0 Å². The molecule has 1 aliphatic rings. The lowest BCUT2D eigenvalue weighted by Crippen LogP contribution is -2.37. The van der Waals surface area contributed by atoms with Gasteiger partial charge in [-0.25, -0.2) is 4.98 Å². The van der Waals surface area contributed by atoms with E-state index in [0.29, 0.717) is 6.04 Å². The minimum absolute atomic E-state index is 0.277.